The van der Waals surface area contributed by atoms with Crippen LogP contribution >= 0.6 is 0 Å². The summed E-state index contributed by atoms with van der Waals surface area (Å²) >= 11 is 0. The van der Waals surface area contributed by atoms with E-state index in [9.17, 15) is 13.2 Å². The maximum Gasteiger partial charge on any atom is 0.341 e. The van der Waals surface area contributed by atoms with Crippen LogP contribution in [0.4, 0.5) is 5.69 Å². The molecular weight excluding hydrogens is 394 g/mol. The molecule has 10 heteroatoms. The highest BCUT2D eigenvalue weighted by Crippen LogP contribution is 2.33. The summed E-state index contributed by atoms with van der Waals surface area (Å²) in [7, 11) is -1.06. The number of piperazine rings is 1. The second-order valence-electron chi connectivity index (χ2n) is 7.73. The van der Waals surface area contributed by atoms with Crippen molar-refractivity contribution in [1.82, 2.24) is 19.7 Å². The molecule has 2 aromatic rings. The molecule has 0 bridgehead atoms. The van der Waals surface area contributed by atoms with Gasteiger partial charge in [-0.25, -0.2) is 18.2 Å². The van der Waals surface area contributed by atoms with Gasteiger partial charge in [0.1, 0.15) is 5.56 Å². The van der Waals surface area contributed by atoms with Gasteiger partial charge in [-0.05, 0) is 20.3 Å². The second kappa shape index (κ2) is 7.56. The fraction of sp³-hybridized carbons (Fsp3) is 0.632. The number of esters is 1. The molecule has 0 unspecified atom stereocenters. The van der Waals surface area contributed by atoms with E-state index in [4.69, 9.17) is 4.74 Å². The molecule has 4 rings (SSSR count). The Labute approximate surface area is 170 Å². The largest absolute Gasteiger partial charge is 0.462 e. The molecule has 0 saturated carbocycles. The van der Waals surface area contributed by atoms with Gasteiger partial charge in [0.25, 0.3) is 0 Å². The molecular formula is C19H27N5O4S. The number of rotatable bonds is 4. The number of fused-ring (bicyclic) bond motifs is 1. The first-order valence-corrected chi connectivity index (χ1v) is 11.8. The Kier molecular flexibility index (Phi) is 5.24. The van der Waals surface area contributed by atoms with Crippen molar-refractivity contribution in [2.45, 2.75) is 26.3 Å². The first-order valence-electron chi connectivity index (χ1n) is 9.99. The van der Waals surface area contributed by atoms with Gasteiger partial charge in [-0.2, -0.15) is 5.10 Å². The van der Waals surface area contributed by atoms with Gasteiger partial charge >= 0.3 is 5.97 Å². The molecule has 29 heavy (non-hydrogen) atoms. The number of nitrogens with zero attached hydrogens (tertiary/aromatic N) is 5. The van der Waals surface area contributed by atoms with E-state index in [-0.39, 0.29) is 23.5 Å². The van der Waals surface area contributed by atoms with Crippen LogP contribution in [0.25, 0.3) is 11.0 Å². The van der Waals surface area contributed by atoms with Gasteiger partial charge in [-0.15, -0.1) is 0 Å². The molecule has 0 spiro atoms. The third-order valence-electron chi connectivity index (χ3n) is 5.85. The van der Waals surface area contributed by atoms with Crippen molar-refractivity contribution >= 4 is 32.5 Å². The highest BCUT2D eigenvalue weighted by atomic mass is 32.2. The third-order valence-corrected chi connectivity index (χ3v) is 7.60. The summed E-state index contributed by atoms with van der Waals surface area (Å²) in [4.78, 5) is 21.5. The first-order chi connectivity index (χ1) is 13.8. The molecule has 0 aliphatic carbocycles. The minimum atomic E-state index is -2.90. The van der Waals surface area contributed by atoms with Crippen molar-refractivity contribution in [3.05, 3.63) is 17.5 Å². The molecule has 4 heterocycles. The zero-order valence-electron chi connectivity index (χ0n) is 17.1. The minimum Gasteiger partial charge on any atom is -0.462 e. The Morgan fingerprint density at radius 3 is 2.62 bits per heavy atom. The van der Waals surface area contributed by atoms with E-state index in [1.807, 2.05) is 14.0 Å². The lowest BCUT2D eigenvalue weighted by atomic mass is 10.1. The van der Waals surface area contributed by atoms with E-state index >= 15 is 0 Å². The Morgan fingerprint density at radius 2 is 2.00 bits per heavy atom. The molecule has 0 amide bonds. The number of aryl methyl sites for hydroxylation is 2. The van der Waals surface area contributed by atoms with Crippen LogP contribution in [0.5, 0.6) is 0 Å². The molecule has 2 aliphatic heterocycles. The van der Waals surface area contributed by atoms with Crippen LogP contribution in [0.2, 0.25) is 0 Å². The predicted octanol–water partition coefficient (Wildman–Crippen LogP) is 0.763. The van der Waals surface area contributed by atoms with E-state index in [1.165, 1.54) is 0 Å². The van der Waals surface area contributed by atoms with Crippen LogP contribution in [0, 0.1) is 6.92 Å². The van der Waals surface area contributed by atoms with Crippen LogP contribution in [-0.2, 0) is 21.6 Å². The number of pyridine rings is 1. The van der Waals surface area contributed by atoms with Crippen molar-refractivity contribution in [2.24, 2.45) is 7.05 Å². The Bertz CT molecular complexity index is 1040. The Hall–Kier alpha value is -2.20. The van der Waals surface area contributed by atoms with Crippen molar-refractivity contribution in [3.63, 3.8) is 0 Å². The molecule has 9 nitrogen and oxygen atoms in total. The van der Waals surface area contributed by atoms with Gasteiger partial charge in [0, 0.05) is 45.5 Å². The molecule has 2 saturated heterocycles. The van der Waals surface area contributed by atoms with Gasteiger partial charge in [0.05, 0.1) is 34.9 Å². The van der Waals surface area contributed by atoms with Gasteiger partial charge in [0.2, 0.25) is 0 Å². The first kappa shape index (κ1) is 20.1. The number of hydrogen-bond donors (Lipinski definition) is 0. The number of carbonyl (C=O) groups is 1. The van der Waals surface area contributed by atoms with Crippen molar-refractivity contribution in [1.29, 1.82) is 0 Å². The highest BCUT2D eigenvalue weighted by Gasteiger charge is 2.35. The topological polar surface area (TPSA) is 97.6 Å². The average Bonchev–Trinajstić information content (AvgIpc) is 3.20. The lowest BCUT2D eigenvalue weighted by Crippen LogP contribution is -2.51. The van der Waals surface area contributed by atoms with Crippen molar-refractivity contribution < 1.29 is 17.9 Å². The maximum absolute atomic E-state index is 12.6. The molecule has 2 aromatic heterocycles. The van der Waals surface area contributed by atoms with E-state index in [0.717, 1.165) is 35.5 Å². The number of sulfone groups is 1. The Morgan fingerprint density at radius 1 is 1.28 bits per heavy atom. The quantitative estimate of drug-likeness (QED) is 0.668. The van der Waals surface area contributed by atoms with Crippen LogP contribution in [0.1, 0.15) is 29.4 Å². The monoisotopic (exact) mass is 421 g/mol. The summed E-state index contributed by atoms with van der Waals surface area (Å²) in [6.07, 6.45) is 2.28. The second-order valence-corrected chi connectivity index (χ2v) is 9.96. The summed E-state index contributed by atoms with van der Waals surface area (Å²) < 4.78 is 30.7. The molecule has 0 radical (unpaired) electrons. The molecule has 0 aromatic carbocycles. The third kappa shape index (κ3) is 3.71. The van der Waals surface area contributed by atoms with Gasteiger partial charge in [0.15, 0.2) is 15.5 Å². The zero-order chi connectivity index (χ0) is 20.8. The maximum atomic E-state index is 12.6. The smallest absolute Gasteiger partial charge is 0.341 e. The zero-order valence-corrected chi connectivity index (χ0v) is 17.9. The van der Waals surface area contributed by atoms with Crippen molar-refractivity contribution in [3.8, 4) is 0 Å². The van der Waals surface area contributed by atoms with Crippen LogP contribution in [0.3, 0.4) is 0 Å². The lowest BCUT2D eigenvalue weighted by Gasteiger charge is -2.39. The van der Waals surface area contributed by atoms with E-state index in [0.29, 0.717) is 31.7 Å². The van der Waals surface area contributed by atoms with E-state index in [2.05, 4.69) is 19.9 Å². The van der Waals surface area contributed by atoms with Gasteiger partial charge in [-0.1, -0.05) is 0 Å². The summed E-state index contributed by atoms with van der Waals surface area (Å²) in [5.74, 6) is 0.150. The number of ether oxygens (including phenoxy) is 1. The molecule has 2 fully saturated rings. The molecule has 1 atom stereocenters. The number of hydrogen-bond acceptors (Lipinski definition) is 8. The van der Waals surface area contributed by atoms with Crippen LogP contribution in [0.15, 0.2) is 6.20 Å². The minimum absolute atomic E-state index is 0.101. The fourth-order valence-electron chi connectivity index (χ4n) is 4.45. The summed E-state index contributed by atoms with van der Waals surface area (Å²) in [5.41, 5.74) is 2.82. The predicted molar refractivity (Wildman–Crippen MR) is 110 cm³/mol. The number of aromatic nitrogens is 3. The van der Waals surface area contributed by atoms with E-state index < -0.39 is 9.84 Å². The lowest BCUT2D eigenvalue weighted by molar-refractivity contribution is 0.0526. The average molecular weight is 422 g/mol. The molecule has 2 aliphatic rings. The van der Waals surface area contributed by atoms with E-state index in [1.54, 1.807) is 17.8 Å². The summed E-state index contributed by atoms with van der Waals surface area (Å²) in [5, 5.41) is 5.35. The van der Waals surface area contributed by atoms with Gasteiger partial charge < -0.3 is 9.64 Å². The highest BCUT2D eigenvalue weighted by molar-refractivity contribution is 7.91. The van der Waals surface area contributed by atoms with Crippen molar-refractivity contribution in [2.75, 3.05) is 49.2 Å². The summed E-state index contributed by atoms with van der Waals surface area (Å²) in [6.45, 7) is 6.92. The number of carbonyl (C=O) groups excluding carboxylic acids is 1. The molecule has 158 valence electrons. The van der Waals surface area contributed by atoms with Crippen LogP contribution < -0.4 is 4.90 Å². The normalized spacial score (nSPS) is 22.3. The standard InChI is InChI=1S/C19H27N5O4S/c1-4-28-19(25)15-11-20-18-16(13(2)21-22(18)3)17(15)24-8-6-23(7-9-24)14-5-10-29(26,27)12-14/h11,14H,4-10,12H2,1-3H3/t14-/m1/s1. The molecule has 0 N–H and O–H groups in total. The SMILES string of the molecule is CCOC(=O)c1cnc2c(c(C)nn2C)c1N1CCN([C@@H]2CCS(=O)(=O)C2)CC1. The Balaban J connectivity index is 1.65. The summed E-state index contributed by atoms with van der Waals surface area (Å²) in [6, 6.07) is 0.101. The fourth-order valence-corrected chi connectivity index (χ4v) is 6.22. The van der Waals surface area contributed by atoms with Crippen LogP contribution in [-0.4, -0.2) is 84.4 Å². The number of anilines is 1. The van der Waals surface area contributed by atoms with Gasteiger partial charge in [-0.3, -0.25) is 9.58 Å².